The second-order valence-corrected chi connectivity index (χ2v) is 5.69. The number of pyridine rings is 1. The fourth-order valence-electron chi connectivity index (χ4n) is 2.37. The van der Waals surface area contributed by atoms with Crippen molar-refractivity contribution in [3.05, 3.63) is 56.9 Å². The minimum atomic E-state index is -0.149. The van der Waals surface area contributed by atoms with Crippen LogP contribution in [0.2, 0.25) is 0 Å². The molecule has 5 heteroatoms. The number of furan rings is 1. The first kappa shape index (κ1) is 14.1. The van der Waals surface area contributed by atoms with Gasteiger partial charge in [0.05, 0.1) is 12.0 Å². The molecule has 0 unspecified atom stereocenters. The number of fused-ring (bicyclic) bond motifs is 1. The lowest BCUT2D eigenvalue weighted by Gasteiger charge is -2.03. The zero-order chi connectivity index (χ0) is 15.0. The molecular formula is C16H14BrNO3. The average Bonchev–Trinajstić information content (AvgIpc) is 2.90. The highest BCUT2D eigenvalue weighted by Crippen LogP contribution is 2.31. The molecule has 0 aliphatic rings. The number of aliphatic hydroxyl groups is 1. The third-order valence-corrected chi connectivity index (χ3v) is 4.39. The van der Waals surface area contributed by atoms with E-state index in [0.29, 0.717) is 16.7 Å². The van der Waals surface area contributed by atoms with Crippen LogP contribution in [0.1, 0.15) is 5.56 Å². The van der Waals surface area contributed by atoms with Gasteiger partial charge in [0.15, 0.2) is 0 Å². The Morgan fingerprint density at radius 1 is 1.33 bits per heavy atom. The smallest absolute Gasteiger partial charge is 0.261 e. The van der Waals surface area contributed by atoms with E-state index in [2.05, 4.69) is 15.9 Å². The highest BCUT2D eigenvalue weighted by Gasteiger charge is 2.13. The van der Waals surface area contributed by atoms with Gasteiger partial charge in [-0.15, -0.1) is 0 Å². The predicted molar refractivity (Wildman–Crippen MR) is 85.4 cm³/mol. The van der Waals surface area contributed by atoms with Gasteiger partial charge in [-0.3, -0.25) is 4.79 Å². The summed E-state index contributed by atoms with van der Waals surface area (Å²) in [6.45, 7) is 2.21. The van der Waals surface area contributed by atoms with Gasteiger partial charge in [0.1, 0.15) is 11.3 Å². The van der Waals surface area contributed by atoms with Crippen LogP contribution in [0.15, 0.2) is 50.2 Å². The Kier molecular flexibility index (Phi) is 3.69. The van der Waals surface area contributed by atoms with E-state index in [9.17, 15) is 4.79 Å². The number of hydrogen-bond acceptors (Lipinski definition) is 3. The molecule has 0 aliphatic heterocycles. The monoisotopic (exact) mass is 347 g/mol. The number of halogens is 1. The van der Waals surface area contributed by atoms with E-state index in [1.165, 1.54) is 4.57 Å². The van der Waals surface area contributed by atoms with Gasteiger partial charge in [-0.05, 0) is 30.7 Å². The minimum absolute atomic E-state index is 0.0686. The SMILES string of the molecule is Cc1c(Br)cccc1-c1cc2c(=O)n(CCO)ccc2o1. The molecule has 3 aromatic rings. The van der Waals surface area contributed by atoms with Crippen molar-refractivity contribution < 1.29 is 9.52 Å². The molecule has 3 rings (SSSR count). The molecule has 0 fully saturated rings. The molecule has 0 radical (unpaired) electrons. The van der Waals surface area contributed by atoms with Crippen LogP contribution in [0.25, 0.3) is 22.3 Å². The van der Waals surface area contributed by atoms with E-state index < -0.39 is 0 Å². The first-order chi connectivity index (χ1) is 10.1. The Morgan fingerprint density at radius 3 is 2.90 bits per heavy atom. The highest BCUT2D eigenvalue weighted by molar-refractivity contribution is 9.10. The Balaban J connectivity index is 2.20. The molecule has 21 heavy (non-hydrogen) atoms. The molecule has 4 nitrogen and oxygen atoms in total. The molecular weight excluding hydrogens is 334 g/mol. The second-order valence-electron chi connectivity index (χ2n) is 4.84. The van der Waals surface area contributed by atoms with Crippen molar-refractivity contribution in [1.29, 1.82) is 0 Å². The van der Waals surface area contributed by atoms with Crippen molar-refractivity contribution in [2.24, 2.45) is 0 Å². The van der Waals surface area contributed by atoms with Crippen LogP contribution in [0.3, 0.4) is 0 Å². The van der Waals surface area contributed by atoms with E-state index >= 15 is 0 Å². The lowest BCUT2D eigenvalue weighted by atomic mass is 10.1. The van der Waals surface area contributed by atoms with Crippen molar-refractivity contribution in [2.45, 2.75) is 13.5 Å². The predicted octanol–water partition coefficient (Wildman–Crippen LogP) is 3.32. The lowest BCUT2D eigenvalue weighted by Crippen LogP contribution is -2.20. The van der Waals surface area contributed by atoms with Crippen LogP contribution in [0.5, 0.6) is 0 Å². The largest absolute Gasteiger partial charge is 0.456 e. The van der Waals surface area contributed by atoms with E-state index in [-0.39, 0.29) is 18.7 Å². The summed E-state index contributed by atoms with van der Waals surface area (Å²) >= 11 is 3.50. The average molecular weight is 348 g/mol. The fraction of sp³-hybridized carbons (Fsp3) is 0.188. The Labute approximate surface area is 129 Å². The van der Waals surface area contributed by atoms with Gasteiger partial charge < -0.3 is 14.1 Å². The van der Waals surface area contributed by atoms with Gasteiger partial charge in [-0.25, -0.2) is 0 Å². The zero-order valence-corrected chi connectivity index (χ0v) is 13.1. The molecule has 1 aromatic carbocycles. The number of rotatable bonds is 3. The summed E-state index contributed by atoms with van der Waals surface area (Å²) in [5.74, 6) is 0.669. The number of benzene rings is 1. The maximum atomic E-state index is 12.3. The molecule has 2 aromatic heterocycles. The first-order valence-electron chi connectivity index (χ1n) is 6.61. The maximum Gasteiger partial charge on any atom is 0.261 e. The van der Waals surface area contributed by atoms with Crippen LogP contribution < -0.4 is 5.56 Å². The van der Waals surface area contributed by atoms with Gasteiger partial charge in [0, 0.05) is 22.8 Å². The summed E-state index contributed by atoms with van der Waals surface area (Å²) in [7, 11) is 0. The molecule has 0 saturated carbocycles. The molecule has 1 N–H and O–H groups in total. The third-order valence-electron chi connectivity index (χ3n) is 3.53. The van der Waals surface area contributed by atoms with Crippen molar-refractivity contribution in [3.8, 4) is 11.3 Å². The van der Waals surface area contributed by atoms with Gasteiger partial charge >= 0.3 is 0 Å². The maximum absolute atomic E-state index is 12.3. The van der Waals surface area contributed by atoms with Crippen LogP contribution in [-0.4, -0.2) is 16.3 Å². The summed E-state index contributed by atoms with van der Waals surface area (Å²) in [5, 5.41) is 9.51. The molecule has 0 bridgehead atoms. The van der Waals surface area contributed by atoms with Crippen LogP contribution in [0.4, 0.5) is 0 Å². The van der Waals surface area contributed by atoms with E-state index in [1.807, 2.05) is 25.1 Å². The van der Waals surface area contributed by atoms with Gasteiger partial charge in [0.2, 0.25) is 0 Å². The van der Waals surface area contributed by atoms with Crippen LogP contribution in [0, 0.1) is 6.92 Å². The van der Waals surface area contributed by atoms with Gasteiger partial charge in [-0.2, -0.15) is 0 Å². The summed E-state index contributed by atoms with van der Waals surface area (Å²) in [4.78, 5) is 12.3. The van der Waals surface area contributed by atoms with Gasteiger partial charge in [-0.1, -0.05) is 28.1 Å². The Bertz CT molecular complexity index is 864. The normalized spacial score (nSPS) is 11.2. The van der Waals surface area contributed by atoms with Crippen molar-refractivity contribution in [3.63, 3.8) is 0 Å². The summed E-state index contributed by atoms with van der Waals surface area (Å²) < 4.78 is 8.29. The molecule has 108 valence electrons. The van der Waals surface area contributed by atoms with E-state index in [0.717, 1.165) is 15.6 Å². The number of aliphatic hydroxyl groups excluding tert-OH is 1. The fourth-order valence-corrected chi connectivity index (χ4v) is 2.73. The van der Waals surface area contributed by atoms with Gasteiger partial charge in [0.25, 0.3) is 5.56 Å². The van der Waals surface area contributed by atoms with E-state index in [1.54, 1.807) is 18.3 Å². The number of nitrogens with zero attached hydrogens (tertiary/aromatic N) is 1. The Hall–Kier alpha value is -1.85. The second kappa shape index (κ2) is 5.50. The number of hydrogen-bond donors (Lipinski definition) is 1. The summed E-state index contributed by atoms with van der Waals surface area (Å²) in [6.07, 6.45) is 1.64. The van der Waals surface area contributed by atoms with Crippen LogP contribution >= 0.6 is 15.9 Å². The molecule has 0 atom stereocenters. The third kappa shape index (κ3) is 2.43. The van der Waals surface area contributed by atoms with Crippen LogP contribution in [-0.2, 0) is 6.54 Å². The quantitative estimate of drug-likeness (QED) is 0.790. The minimum Gasteiger partial charge on any atom is -0.456 e. The summed E-state index contributed by atoms with van der Waals surface area (Å²) in [6, 6.07) is 9.38. The molecule has 2 heterocycles. The highest BCUT2D eigenvalue weighted by atomic mass is 79.9. The molecule has 0 saturated heterocycles. The van der Waals surface area contributed by atoms with Crippen molar-refractivity contribution >= 4 is 26.9 Å². The van der Waals surface area contributed by atoms with Crippen molar-refractivity contribution in [1.82, 2.24) is 4.57 Å². The van der Waals surface area contributed by atoms with Crippen molar-refractivity contribution in [2.75, 3.05) is 6.61 Å². The zero-order valence-electron chi connectivity index (χ0n) is 11.5. The van der Waals surface area contributed by atoms with E-state index in [4.69, 9.17) is 9.52 Å². The first-order valence-corrected chi connectivity index (χ1v) is 7.40. The number of aromatic nitrogens is 1. The Morgan fingerprint density at radius 2 is 2.14 bits per heavy atom. The summed E-state index contributed by atoms with van der Waals surface area (Å²) in [5.41, 5.74) is 2.42. The molecule has 0 amide bonds. The standard InChI is InChI=1S/C16H14BrNO3/c1-10-11(3-2-4-13(10)17)15-9-12-14(21-15)5-6-18(7-8-19)16(12)20/h2-6,9,19H,7-8H2,1H3. The molecule has 0 spiro atoms. The molecule has 0 aliphatic carbocycles. The topological polar surface area (TPSA) is 55.4 Å². The lowest BCUT2D eigenvalue weighted by molar-refractivity contribution is 0.274.